The van der Waals surface area contributed by atoms with Crippen molar-refractivity contribution in [2.45, 2.75) is 32.2 Å². The molecule has 0 heterocycles. The average molecular weight is 306 g/mol. The molecule has 1 aromatic rings. The predicted octanol–water partition coefficient (Wildman–Crippen LogP) is 1.76. The van der Waals surface area contributed by atoms with Crippen LogP contribution in [0.3, 0.4) is 0 Å². The summed E-state index contributed by atoms with van der Waals surface area (Å²) in [5.74, 6) is -0.874. The molecule has 0 bridgehead atoms. The summed E-state index contributed by atoms with van der Waals surface area (Å²) in [7, 11) is 2.86. The van der Waals surface area contributed by atoms with Crippen LogP contribution in [0.1, 0.15) is 36.5 Å². The van der Waals surface area contributed by atoms with Crippen LogP contribution >= 0.6 is 0 Å². The third kappa shape index (κ3) is 4.96. The molecule has 0 aliphatic rings. The Morgan fingerprint density at radius 2 is 1.91 bits per heavy atom. The smallest absolute Gasteiger partial charge is 0.323 e. The van der Waals surface area contributed by atoms with E-state index in [1.165, 1.54) is 7.11 Å². The lowest BCUT2D eigenvalue weighted by Gasteiger charge is -2.14. The Balaban J connectivity index is 2.89. The lowest BCUT2D eigenvalue weighted by atomic mass is 10.0. The fraction of sp³-hybridized carbons (Fsp3) is 0.438. The Morgan fingerprint density at radius 3 is 2.50 bits per heavy atom. The van der Waals surface area contributed by atoms with Crippen molar-refractivity contribution in [3.05, 3.63) is 29.8 Å². The second-order valence-electron chi connectivity index (χ2n) is 4.84. The van der Waals surface area contributed by atoms with Gasteiger partial charge < -0.3 is 15.4 Å². The summed E-state index contributed by atoms with van der Waals surface area (Å²) in [5, 5.41) is 5.48. The normalized spacial score (nSPS) is 11.6. The average Bonchev–Trinajstić information content (AvgIpc) is 2.52. The molecule has 0 aliphatic carbocycles. The number of amides is 1. The van der Waals surface area contributed by atoms with Crippen LogP contribution in [0.4, 0.5) is 5.69 Å². The zero-order valence-electron chi connectivity index (χ0n) is 13.1. The summed E-state index contributed by atoms with van der Waals surface area (Å²) in [6.45, 7) is 1.91. The summed E-state index contributed by atoms with van der Waals surface area (Å²) in [6, 6.07) is 6.06. The Morgan fingerprint density at radius 1 is 1.23 bits per heavy atom. The molecule has 0 saturated heterocycles. The minimum absolute atomic E-state index is 0.0379. The van der Waals surface area contributed by atoms with Gasteiger partial charge in [-0.15, -0.1) is 0 Å². The molecule has 1 amide bonds. The van der Waals surface area contributed by atoms with Crippen molar-refractivity contribution >= 4 is 23.3 Å². The monoisotopic (exact) mass is 306 g/mol. The number of ether oxygens (including phenoxy) is 1. The molecule has 0 aliphatic heterocycles. The third-order valence-corrected chi connectivity index (χ3v) is 3.20. The third-order valence-electron chi connectivity index (χ3n) is 3.20. The molecular weight excluding hydrogens is 284 g/mol. The van der Waals surface area contributed by atoms with Gasteiger partial charge >= 0.3 is 5.97 Å². The van der Waals surface area contributed by atoms with Crippen LogP contribution in [-0.4, -0.2) is 37.9 Å². The van der Waals surface area contributed by atoms with Crippen molar-refractivity contribution in [1.29, 1.82) is 0 Å². The number of hydrogen-bond donors (Lipinski definition) is 2. The van der Waals surface area contributed by atoms with Crippen LogP contribution in [-0.2, 0) is 14.3 Å². The van der Waals surface area contributed by atoms with E-state index >= 15 is 0 Å². The van der Waals surface area contributed by atoms with Crippen LogP contribution in [0.15, 0.2) is 24.3 Å². The highest BCUT2D eigenvalue weighted by molar-refractivity contribution is 6.06. The van der Waals surface area contributed by atoms with Gasteiger partial charge in [-0.05, 0) is 25.6 Å². The van der Waals surface area contributed by atoms with Gasteiger partial charge in [0.15, 0.2) is 5.78 Å². The van der Waals surface area contributed by atoms with E-state index in [4.69, 9.17) is 0 Å². The number of rotatable bonds is 8. The Kier molecular flexibility index (Phi) is 7.25. The largest absolute Gasteiger partial charge is 0.468 e. The zero-order valence-corrected chi connectivity index (χ0v) is 13.1. The number of hydrogen-bond acceptors (Lipinski definition) is 5. The lowest BCUT2D eigenvalue weighted by molar-refractivity contribution is -0.142. The van der Waals surface area contributed by atoms with Gasteiger partial charge in [0.05, 0.1) is 12.8 Å². The Bertz CT molecular complexity index is 543. The number of esters is 1. The van der Waals surface area contributed by atoms with E-state index < -0.39 is 12.0 Å². The number of benzene rings is 1. The summed E-state index contributed by atoms with van der Waals surface area (Å²) in [5.41, 5.74) is 0.849. The second kappa shape index (κ2) is 8.94. The predicted molar refractivity (Wildman–Crippen MR) is 83.8 cm³/mol. The minimum atomic E-state index is -0.711. The van der Waals surface area contributed by atoms with E-state index in [1.54, 1.807) is 31.3 Å². The first-order chi connectivity index (χ1) is 10.5. The second-order valence-corrected chi connectivity index (χ2v) is 4.84. The number of methoxy groups -OCH3 is 1. The van der Waals surface area contributed by atoms with Crippen molar-refractivity contribution < 1.29 is 19.1 Å². The molecule has 1 rings (SSSR count). The van der Waals surface area contributed by atoms with Crippen LogP contribution in [0.2, 0.25) is 0 Å². The maximum absolute atomic E-state index is 12.4. The number of likely N-dealkylation sites (N-methyl/N-ethyl adjacent to an activating group) is 1. The summed E-state index contributed by atoms with van der Waals surface area (Å²) >= 11 is 0. The van der Waals surface area contributed by atoms with Crippen molar-refractivity contribution in [2.75, 3.05) is 19.5 Å². The lowest BCUT2D eigenvalue weighted by Crippen LogP contribution is -2.37. The Labute approximate surface area is 130 Å². The first-order valence-electron chi connectivity index (χ1n) is 7.20. The molecule has 120 valence electrons. The molecule has 6 heteroatoms. The maximum Gasteiger partial charge on any atom is 0.323 e. The first kappa shape index (κ1) is 17.8. The fourth-order valence-electron chi connectivity index (χ4n) is 2.02. The van der Waals surface area contributed by atoms with E-state index in [0.29, 0.717) is 17.7 Å². The van der Waals surface area contributed by atoms with Crippen molar-refractivity contribution in [3.63, 3.8) is 0 Å². The molecule has 0 radical (unpaired) electrons. The summed E-state index contributed by atoms with van der Waals surface area (Å²) in [6.07, 6.45) is 1.08. The topological polar surface area (TPSA) is 84.5 Å². The van der Waals surface area contributed by atoms with E-state index in [0.717, 1.165) is 6.42 Å². The molecule has 1 atom stereocenters. The van der Waals surface area contributed by atoms with Gasteiger partial charge in [0.2, 0.25) is 5.91 Å². The number of anilines is 1. The molecular formula is C16H22N2O4. The number of ketones is 1. The van der Waals surface area contributed by atoms with Crippen LogP contribution in [0.25, 0.3) is 0 Å². The minimum Gasteiger partial charge on any atom is -0.468 e. The Hall–Kier alpha value is -2.21. The van der Waals surface area contributed by atoms with Gasteiger partial charge in [-0.25, -0.2) is 0 Å². The molecule has 0 aromatic heterocycles. The molecule has 0 saturated carbocycles. The highest BCUT2D eigenvalue weighted by atomic mass is 16.5. The van der Waals surface area contributed by atoms with Gasteiger partial charge in [-0.2, -0.15) is 0 Å². The highest BCUT2D eigenvalue weighted by Gasteiger charge is 2.23. The first-order valence-corrected chi connectivity index (χ1v) is 7.20. The van der Waals surface area contributed by atoms with Crippen molar-refractivity contribution in [3.8, 4) is 0 Å². The zero-order chi connectivity index (χ0) is 16.5. The van der Waals surface area contributed by atoms with E-state index in [2.05, 4.69) is 15.4 Å². The van der Waals surface area contributed by atoms with Crippen LogP contribution in [0.5, 0.6) is 0 Å². The van der Waals surface area contributed by atoms with E-state index in [9.17, 15) is 14.4 Å². The van der Waals surface area contributed by atoms with Crippen LogP contribution in [0, 0.1) is 0 Å². The van der Waals surface area contributed by atoms with Gasteiger partial charge in [0.25, 0.3) is 0 Å². The van der Waals surface area contributed by atoms with Gasteiger partial charge in [-0.1, -0.05) is 19.1 Å². The van der Waals surface area contributed by atoms with Crippen molar-refractivity contribution in [1.82, 2.24) is 5.32 Å². The molecule has 22 heavy (non-hydrogen) atoms. The quantitative estimate of drug-likeness (QED) is 0.565. The number of carbonyl (C=O) groups excluding carboxylic acids is 3. The molecule has 6 nitrogen and oxygen atoms in total. The number of nitrogens with one attached hydrogen (secondary N) is 2. The van der Waals surface area contributed by atoms with Crippen LogP contribution < -0.4 is 10.6 Å². The van der Waals surface area contributed by atoms with Gasteiger partial charge in [0.1, 0.15) is 6.04 Å². The van der Waals surface area contributed by atoms with Gasteiger partial charge in [-0.3, -0.25) is 14.4 Å². The molecule has 1 aromatic carbocycles. The van der Waals surface area contributed by atoms with Crippen molar-refractivity contribution in [2.24, 2.45) is 0 Å². The number of carbonyl (C=O) groups is 3. The fourth-order valence-corrected chi connectivity index (χ4v) is 2.02. The van der Waals surface area contributed by atoms with E-state index in [-0.39, 0.29) is 18.1 Å². The molecule has 1 unspecified atom stereocenters. The molecule has 2 N–H and O–H groups in total. The summed E-state index contributed by atoms with van der Waals surface area (Å²) < 4.78 is 4.64. The molecule has 0 fully saturated rings. The molecule has 0 spiro atoms. The van der Waals surface area contributed by atoms with Gasteiger partial charge in [0, 0.05) is 18.4 Å². The highest BCUT2D eigenvalue weighted by Crippen LogP contribution is 2.18. The number of Topliss-reactive ketones (excluding diaryl/α,β-unsaturated/α-hetero) is 1. The van der Waals surface area contributed by atoms with E-state index in [1.807, 2.05) is 6.92 Å². The standard InChI is InChI=1S/C16H22N2O4/c1-4-7-15(20)18-12-9-6-5-8-11(12)14(19)10-13(17-2)16(21)22-3/h5-6,8-9,13,17H,4,7,10H2,1-3H3,(H,18,20). The summed E-state index contributed by atoms with van der Waals surface area (Å²) in [4.78, 5) is 35.7. The SMILES string of the molecule is CCCC(=O)Nc1ccccc1C(=O)CC(NC)C(=O)OC. The maximum atomic E-state index is 12.4. The number of para-hydroxylation sites is 1.